The molecule has 0 aromatic rings. The molecule has 0 rings (SSSR count). The average Bonchev–Trinajstić information content (AvgIpc) is 3.23. The molecule has 59 heavy (non-hydrogen) atoms. The van der Waals surface area contributed by atoms with Crippen molar-refractivity contribution in [1.82, 2.24) is 0 Å². The van der Waals surface area contributed by atoms with E-state index in [9.17, 15) is 14.4 Å². The largest absolute Gasteiger partial charge is 0.462 e. The van der Waals surface area contributed by atoms with Crippen molar-refractivity contribution in [2.45, 2.75) is 271 Å². The zero-order chi connectivity index (χ0) is 43.0. The molecule has 0 saturated carbocycles. The van der Waals surface area contributed by atoms with Gasteiger partial charge in [-0.3, -0.25) is 14.4 Å². The second-order valence-electron chi connectivity index (χ2n) is 17.1. The van der Waals surface area contributed by atoms with Crippen molar-refractivity contribution >= 4 is 17.9 Å². The summed E-state index contributed by atoms with van der Waals surface area (Å²) in [6.45, 7) is 6.58. The number of unbranched alkanes of at least 4 members (excludes halogenated alkanes) is 29. The Hall–Kier alpha value is -2.37. The van der Waals surface area contributed by atoms with Crippen molar-refractivity contribution in [3.63, 3.8) is 0 Å². The summed E-state index contributed by atoms with van der Waals surface area (Å²) in [6, 6.07) is 0. The van der Waals surface area contributed by atoms with Crippen molar-refractivity contribution in [2.24, 2.45) is 0 Å². The van der Waals surface area contributed by atoms with E-state index in [0.717, 1.165) is 64.2 Å². The van der Waals surface area contributed by atoms with Gasteiger partial charge < -0.3 is 14.2 Å². The number of carbonyl (C=O) groups is 3. The minimum atomic E-state index is -0.785. The summed E-state index contributed by atoms with van der Waals surface area (Å²) in [4.78, 5) is 37.8. The highest BCUT2D eigenvalue weighted by molar-refractivity contribution is 5.71. The van der Waals surface area contributed by atoms with E-state index in [1.165, 1.54) is 154 Å². The third-order valence-corrected chi connectivity index (χ3v) is 11.1. The quantitative estimate of drug-likeness (QED) is 0.0263. The van der Waals surface area contributed by atoms with Gasteiger partial charge >= 0.3 is 17.9 Å². The predicted molar refractivity (Wildman–Crippen MR) is 252 cm³/mol. The third-order valence-electron chi connectivity index (χ3n) is 11.1. The smallest absolute Gasteiger partial charge is 0.306 e. The molecule has 1 atom stereocenters. The van der Waals surface area contributed by atoms with E-state index in [0.29, 0.717) is 19.3 Å². The van der Waals surface area contributed by atoms with E-state index in [-0.39, 0.29) is 37.5 Å². The lowest BCUT2D eigenvalue weighted by Crippen LogP contribution is -2.30. The number of carbonyl (C=O) groups excluding carboxylic acids is 3. The van der Waals surface area contributed by atoms with E-state index in [2.05, 4.69) is 57.2 Å². The van der Waals surface area contributed by atoms with E-state index >= 15 is 0 Å². The lowest BCUT2D eigenvalue weighted by Gasteiger charge is -2.18. The first-order valence-electron chi connectivity index (χ1n) is 25.5. The number of esters is 3. The number of rotatable bonds is 46. The van der Waals surface area contributed by atoms with E-state index in [1.807, 2.05) is 0 Å². The molecule has 0 radical (unpaired) electrons. The number of allylic oxidation sites excluding steroid dienone is 6. The van der Waals surface area contributed by atoms with Gasteiger partial charge in [-0.1, -0.05) is 224 Å². The molecule has 0 aliphatic carbocycles. The van der Waals surface area contributed by atoms with Crippen molar-refractivity contribution in [3.8, 4) is 0 Å². The Labute approximate surface area is 365 Å². The van der Waals surface area contributed by atoms with E-state index < -0.39 is 6.10 Å². The highest BCUT2D eigenvalue weighted by Crippen LogP contribution is 2.16. The predicted octanol–water partition coefficient (Wildman–Crippen LogP) is 16.5. The highest BCUT2D eigenvalue weighted by atomic mass is 16.6. The first-order valence-corrected chi connectivity index (χ1v) is 25.5. The Morgan fingerprint density at radius 2 is 0.610 bits per heavy atom. The zero-order valence-corrected chi connectivity index (χ0v) is 39.3. The lowest BCUT2D eigenvalue weighted by atomic mass is 10.0. The SMILES string of the molecule is CCCCC/C=C\C/C=C\C/C=C\CCCCC(=O)O[C@H](COC(=O)CCCCCCCCCCC)COC(=O)CCCCCCCCCCCCCCCCCCC. The fraction of sp³-hybridized carbons (Fsp3) is 0.830. The Kier molecular flexibility index (Phi) is 46.4. The molecule has 0 aliphatic heterocycles. The Morgan fingerprint density at radius 3 is 0.983 bits per heavy atom. The molecule has 0 saturated heterocycles. The second-order valence-corrected chi connectivity index (χ2v) is 17.1. The van der Waals surface area contributed by atoms with Crippen molar-refractivity contribution in [3.05, 3.63) is 36.5 Å². The van der Waals surface area contributed by atoms with Crippen molar-refractivity contribution in [1.29, 1.82) is 0 Å². The molecule has 344 valence electrons. The third kappa shape index (κ3) is 46.5. The normalized spacial score (nSPS) is 12.3. The maximum atomic E-state index is 12.7. The van der Waals surface area contributed by atoms with Gasteiger partial charge in [0.15, 0.2) is 6.10 Å². The van der Waals surface area contributed by atoms with E-state index in [4.69, 9.17) is 14.2 Å². The van der Waals surface area contributed by atoms with Crippen molar-refractivity contribution in [2.75, 3.05) is 13.2 Å². The van der Waals surface area contributed by atoms with Gasteiger partial charge in [-0.15, -0.1) is 0 Å². The standard InChI is InChI=1S/C53H96O6/c1-4-7-10-13-16-19-21-23-25-26-28-29-31-34-37-40-43-46-52(55)58-49-50(48-57-51(54)45-42-39-36-33-18-15-12-9-6-3)59-53(56)47-44-41-38-35-32-30-27-24-22-20-17-14-11-8-5-2/h17,20,24,27,32,35,50H,4-16,18-19,21-23,25-26,28-31,33-34,36-49H2,1-3H3/b20-17-,27-24-,35-32-/t50-/m1/s1. The molecular formula is C53H96O6. The first kappa shape index (κ1) is 56.6. The van der Waals surface area contributed by atoms with Crippen LogP contribution in [0.3, 0.4) is 0 Å². The van der Waals surface area contributed by atoms with Crippen LogP contribution >= 0.6 is 0 Å². The number of ether oxygens (including phenoxy) is 3. The highest BCUT2D eigenvalue weighted by Gasteiger charge is 2.19. The molecule has 6 nitrogen and oxygen atoms in total. The Balaban J connectivity index is 4.34. The molecule has 0 aliphatic rings. The minimum Gasteiger partial charge on any atom is -0.462 e. The fourth-order valence-electron chi connectivity index (χ4n) is 7.27. The van der Waals surface area contributed by atoms with Crippen LogP contribution in [-0.4, -0.2) is 37.2 Å². The summed E-state index contributed by atoms with van der Waals surface area (Å²) >= 11 is 0. The van der Waals surface area contributed by atoms with Crippen LogP contribution in [0, 0.1) is 0 Å². The molecule has 0 aromatic heterocycles. The first-order chi connectivity index (χ1) is 29.0. The molecular weight excluding hydrogens is 733 g/mol. The Morgan fingerprint density at radius 1 is 0.339 bits per heavy atom. The molecule has 0 spiro atoms. The summed E-state index contributed by atoms with van der Waals surface area (Å²) < 4.78 is 16.7. The number of hydrogen-bond donors (Lipinski definition) is 0. The minimum absolute atomic E-state index is 0.0836. The fourth-order valence-corrected chi connectivity index (χ4v) is 7.27. The molecule has 0 heterocycles. The van der Waals surface area contributed by atoms with Crippen LogP contribution in [0.2, 0.25) is 0 Å². The molecule has 0 N–H and O–H groups in total. The van der Waals surface area contributed by atoms with Crippen LogP contribution < -0.4 is 0 Å². The Bertz CT molecular complexity index is 1000. The van der Waals surface area contributed by atoms with Crippen LogP contribution in [0.5, 0.6) is 0 Å². The molecule has 0 unspecified atom stereocenters. The summed E-state index contributed by atoms with van der Waals surface area (Å²) in [5, 5.41) is 0. The summed E-state index contributed by atoms with van der Waals surface area (Å²) in [5.41, 5.74) is 0. The van der Waals surface area contributed by atoms with E-state index in [1.54, 1.807) is 0 Å². The van der Waals surface area contributed by atoms with Gasteiger partial charge in [0.1, 0.15) is 13.2 Å². The van der Waals surface area contributed by atoms with Gasteiger partial charge in [0, 0.05) is 19.3 Å². The van der Waals surface area contributed by atoms with Crippen LogP contribution in [0.25, 0.3) is 0 Å². The topological polar surface area (TPSA) is 78.9 Å². The molecule has 0 amide bonds. The zero-order valence-electron chi connectivity index (χ0n) is 39.3. The molecule has 6 heteroatoms. The average molecular weight is 829 g/mol. The second kappa shape index (κ2) is 48.3. The van der Waals surface area contributed by atoms with Gasteiger partial charge in [-0.25, -0.2) is 0 Å². The van der Waals surface area contributed by atoms with Gasteiger partial charge in [0.25, 0.3) is 0 Å². The number of hydrogen-bond acceptors (Lipinski definition) is 6. The molecule has 0 aromatic carbocycles. The van der Waals surface area contributed by atoms with Crippen LogP contribution in [0.15, 0.2) is 36.5 Å². The van der Waals surface area contributed by atoms with Crippen LogP contribution in [-0.2, 0) is 28.6 Å². The maximum Gasteiger partial charge on any atom is 0.306 e. The lowest BCUT2D eigenvalue weighted by molar-refractivity contribution is -0.167. The summed E-state index contributed by atoms with van der Waals surface area (Å²) in [5.74, 6) is -0.915. The van der Waals surface area contributed by atoms with Gasteiger partial charge in [-0.2, -0.15) is 0 Å². The molecule has 0 fully saturated rings. The molecule has 0 bridgehead atoms. The monoisotopic (exact) mass is 829 g/mol. The van der Waals surface area contributed by atoms with Gasteiger partial charge in [0.2, 0.25) is 0 Å². The maximum absolute atomic E-state index is 12.7. The summed E-state index contributed by atoms with van der Waals surface area (Å²) in [7, 11) is 0. The van der Waals surface area contributed by atoms with Crippen LogP contribution in [0.1, 0.15) is 265 Å². The van der Waals surface area contributed by atoms with Gasteiger partial charge in [-0.05, 0) is 57.8 Å². The van der Waals surface area contributed by atoms with Crippen LogP contribution in [0.4, 0.5) is 0 Å². The van der Waals surface area contributed by atoms with Crippen molar-refractivity contribution < 1.29 is 28.6 Å². The summed E-state index contributed by atoms with van der Waals surface area (Å²) in [6.07, 6.45) is 55.6. The van der Waals surface area contributed by atoms with Gasteiger partial charge in [0.05, 0.1) is 0 Å².